The predicted octanol–water partition coefficient (Wildman–Crippen LogP) is 4.33. The molecule has 1 saturated heterocycles. The van der Waals surface area contributed by atoms with Gasteiger partial charge in [0.05, 0.1) is 11.3 Å². The molecule has 142 valence electrons. The summed E-state index contributed by atoms with van der Waals surface area (Å²) in [4.78, 5) is 14.9. The van der Waals surface area contributed by atoms with Gasteiger partial charge in [0, 0.05) is 25.3 Å². The molecule has 2 aromatic carbocycles. The number of nitrogens with zero attached hydrogens (tertiary/aromatic N) is 1. The van der Waals surface area contributed by atoms with Gasteiger partial charge < -0.3 is 15.5 Å². The van der Waals surface area contributed by atoms with Gasteiger partial charge in [0.15, 0.2) is 0 Å². The molecule has 0 bridgehead atoms. The molecule has 0 aromatic heterocycles. The first-order valence-corrected chi connectivity index (χ1v) is 8.59. The van der Waals surface area contributed by atoms with Crippen molar-refractivity contribution >= 4 is 42.1 Å². The zero-order valence-corrected chi connectivity index (χ0v) is 16.9. The third-order valence-electron chi connectivity index (χ3n) is 4.66. The van der Waals surface area contributed by atoms with Crippen LogP contribution in [0.15, 0.2) is 42.5 Å². The van der Waals surface area contributed by atoms with Crippen LogP contribution in [0.1, 0.15) is 27.9 Å². The molecule has 0 atom stereocenters. The molecule has 4 nitrogen and oxygen atoms in total. The van der Waals surface area contributed by atoms with Crippen LogP contribution in [0, 0.1) is 13.8 Å². The van der Waals surface area contributed by atoms with Crippen LogP contribution in [0.5, 0.6) is 0 Å². The lowest BCUT2D eigenvalue weighted by Crippen LogP contribution is -2.34. The van der Waals surface area contributed by atoms with Gasteiger partial charge in [-0.15, -0.1) is 24.8 Å². The third-order valence-corrected chi connectivity index (χ3v) is 4.66. The molecule has 2 aromatic rings. The molecular formula is C20H27Cl2N3O. The average Bonchev–Trinajstić information content (AvgIpc) is 2.88. The summed E-state index contributed by atoms with van der Waals surface area (Å²) in [7, 11) is 0. The first-order valence-electron chi connectivity index (χ1n) is 8.59. The van der Waals surface area contributed by atoms with E-state index in [-0.39, 0.29) is 30.7 Å². The maximum absolute atomic E-state index is 13.0. The molecule has 1 aliphatic rings. The molecule has 0 unspecified atom stereocenters. The molecule has 6 heteroatoms. The molecule has 0 spiro atoms. The Bertz CT molecular complexity index is 729. The van der Waals surface area contributed by atoms with Gasteiger partial charge in [-0.3, -0.25) is 4.79 Å². The number of rotatable bonds is 3. The Morgan fingerprint density at radius 3 is 2.50 bits per heavy atom. The minimum absolute atomic E-state index is 0. The highest BCUT2D eigenvalue weighted by molar-refractivity contribution is 6.00. The van der Waals surface area contributed by atoms with Gasteiger partial charge in [0.25, 0.3) is 5.91 Å². The number of halogens is 2. The number of carbonyl (C=O) groups excluding carboxylic acids is 1. The summed E-state index contributed by atoms with van der Waals surface area (Å²) in [5, 5.41) is 6.80. The fourth-order valence-corrected chi connectivity index (χ4v) is 3.03. The predicted molar refractivity (Wildman–Crippen MR) is 114 cm³/mol. The summed E-state index contributed by atoms with van der Waals surface area (Å²) >= 11 is 0. The first-order chi connectivity index (χ1) is 11.7. The Morgan fingerprint density at radius 1 is 0.962 bits per heavy atom. The summed E-state index contributed by atoms with van der Waals surface area (Å²) in [6, 6.07) is 14.0. The lowest BCUT2D eigenvalue weighted by atomic mass is 10.1. The molecule has 3 rings (SSSR count). The van der Waals surface area contributed by atoms with Crippen LogP contribution >= 0.6 is 24.8 Å². The maximum Gasteiger partial charge on any atom is 0.256 e. The van der Waals surface area contributed by atoms with Gasteiger partial charge >= 0.3 is 0 Å². The smallest absolute Gasteiger partial charge is 0.256 e. The number of hydrogen-bond donors (Lipinski definition) is 2. The number of amides is 1. The number of aryl methyl sites for hydroxylation is 1. The van der Waals surface area contributed by atoms with E-state index >= 15 is 0 Å². The quantitative estimate of drug-likeness (QED) is 0.812. The lowest BCUT2D eigenvalue weighted by molar-refractivity contribution is 0.0767. The van der Waals surface area contributed by atoms with Crippen LogP contribution < -0.4 is 10.6 Å². The average molecular weight is 396 g/mol. The molecule has 0 aliphatic carbocycles. The zero-order chi connectivity index (χ0) is 16.9. The van der Waals surface area contributed by atoms with E-state index < -0.39 is 0 Å². The SMILES string of the molecule is Cc1cccc(Nc2ccccc2C(=O)N2CCCNCC2)c1C.Cl.Cl. The number of benzene rings is 2. The Kier molecular flexibility index (Phi) is 8.93. The second kappa shape index (κ2) is 10.4. The molecule has 1 amide bonds. The van der Waals surface area contributed by atoms with Crippen molar-refractivity contribution in [2.45, 2.75) is 20.3 Å². The van der Waals surface area contributed by atoms with Crippen LogP contribution in [0.4, 0.5) is 11.4 Å². The van der Waals surface area contributed by atoms with Crippen LogP contribution in [0.25, 0.3) is 0 Å². The molecule has 1 fully saturated rings. The van der Waals surface area contributed by atoms with Crippen molar-refractivity contribution in [3.63, 3.8) is 0 Å². The largest absolute Gasteiger partial charge is 0.355 e. The van der Waals surface area contributed by atoms with E-state index in [0.717, 1.165) is 49.5 Å². The summed E-state index contributed by atoms with van der Waals surface area (Å²) < 4.78 is 0. The van der Waals surface area contributed by atoms with Crippen molar-refractivity contribution in [2.24, 2.45) is 0 Å². The van der Waals surface area contributed by atoms with Gasteiger partial charge in [0.2, 0.25) is 0 Å². The highest BCUT2D eigenvalue weighted by Gasteiger charge is 2.20. The number of carbonyl (C=O) groups is 1. The molecule has 1 aliphatic heterocycles. The topological polar surface area (TPSA) is 44.4 Å². The van der Waals surface area contributed by atoms with Gasteiger partial charge in [-0.2, -0.15) is 0 Å². The van der Waals surface area contributed by atoms with Crippen molar-refractivity contribution in [3.05, 3.63) is 59.2 Å². The molecule has 26 heavy (non-hydrogen) atoms. The Morgan fingerprint density at radius 2 is 1.69 bits per heavy atom. The Hall–Kier alpha value is -1.75. The fraction of sp³-hybridized carbons (Fsp3) is 0.350. The van der Waals surface area contributed by atoms with Crippen LogP contribution in [-0.4, -0.2) is 37.0 Å². The summed E-state index contributed by atoms with van der Waals surface area (Å²) in [5.74, 6) is 0.104. The van der Waals surface area contributed by atoms with E-state index in [2.05, 4.69) is 36.6 Å². The van der Waals surface area contributed by atoms with E-state index in [1.807, 2.05) is 35.2 Å². The minimum atomic E-state index is 0. The first kappa shape index (κ1) is 22.3. The van der Waals surface area contributed by atoms with Gasteiger partial charge in [-0.1, -0.05) is 24.3 Å². The van der Waals surface area contributed by atoms with E-state index in [4.69, 9.17) is 0 Å². The normalized spacial score (nSPS) is 13.8. The lowest BCUT2D eigenvalue weighted by Gasteiger charge is -2.22. The van der Waals surface area contributed by atoms with Gasteiger partial charge in [0.1, 0.15) is 0 Å². The summed E-state index contributed by atoms with van der Waals surface area (Å²) in [5.41, 5.74) is 5.10. The van der Waals surface area contributed by atoms with Crippen molar-refractivity contribution in [3.8, 4) is 0 Å². The standard InChI is InChI=1S/C20H25N3O.2ClH/c1-15-7-5-10-18(16(15)2)22-19-9-4-3-8-17(19)20(24)23-13-6-11-21-12-14-23;;/h3-5,7-10,21-22H,6,11-14H2,1-2H3;2*1H. The number of para-hydroxylation sites is 1. The van der Waals surface area contributed by atoms with Crippen molar-refractivity contribution in [2.75, 3.05) is 31.5 Å². The number of hydrogen-bond acceptors (Lipinski definition) is 3. The molecule has 2 N–H and O–H groups in total. The van der Waals surface area contributed by atoms with Crippen molar-refractivity contribution < 1.29 is 4.79 Å². The Labute approximate surface area is 168 Å². The van der Waals surface area contributed by atoms with Gasteiger partial charge in [-0.25, -0.2) is 0 Å². The van der Waals surface area contributed by atoms with Gasteiger partial charge in [-0.05, 0) is 56.1 Å². The fourth-order valence-electron chi connectivity index (χ4n) is 3.03. The summed E-state index contributed by atoms with van der Waals surface area (Å²) in [6.07, 6.45) is 0.998. The summed E-state index contributed by atoms with van der Waals surface area (Å²) in [6.45, 7) is 7.61. The molecule has 0 radical (unpaired) electrons. The third kappa shape index (κ3) is 5.13. The maximum atomic E-state index is 13.0. The second-order valence-electron chi connectivity index (χ2n) is 6.31. The van der Waals surface area contributed by atoms with Crippen LogP contribution in [0.2, 0.25) is 0 Å². The molecular weight excluding hydrogens is 369 g/mol. The molecule has 1 heterocycles. The minimum Gasteiger partial charge on any atom is -0.355 e. The van der Waals surface area contributed by atoms with Crippen molar-refractivity contribution in [1.29, 1.82) is 0 Å². The van der Waals surface area contributed by atoms with E-state index in [9.17, 15) is 4.79 Å². The monoisotopic (exact) mass is 395 g/mol. The number of nitrogens with one attached hydrogen (secondary N) is 2. The zero-order valence-electron chi connectivity index (χ0n) is 15.2. The van der Waals surface area contributed by atoms with Crippen LogP contribution in [0.3, 0.4) is 0 Å². The highest BCUT2D eigenvalue weighted by Crippen LogP contribution is 2.26. The highest BCUT2D eigenvalue weighted by atomic mass is 35.5. The van der Waals surface area contributed by atoms with Crippen LogP contribution in [-0.2, 0) is 0 Å². The number of anilines is 2. The molecule has 0 saturated carbocycles. The van der Waals surface area contributed by atoms with E-state index in [1.165, 1.54) is 11.1 Å². The van der Waals surface area contributed by atoms with E-state index in [1.54, 1.807) is 0 Å². The van der Waals surface area contributed by atoms with Crippen molar-refractivity contribution in [1.82, 2.24) is 10.2 Å². The Balaban J connectivity index is 0.00000169. The van der Waals surface area contributed by atoms with E-state index in [0.29, 0.717) is 0 Å². The second-order valence-corrected chi connectivity index (χ2v) is 6.31.